The van der Waals surface area contributed by atoms with Crippen molar-refractivity contribution in [2.45, 2.75) is 62.8 Å². The number of imide groups is 1. The number of nitrogens with zero attached hydrogens (tertiary/aromatic N) is 2. The smallest absolute Gasteiger partial charge is 0.241 e. The van der Waals surface area contributed by atoms with Gasteiger partial charge in [-0.15, -0.1) is 0 Å². The maximum Gasteiger partial charge on any atom is 0.241 e. The maximum absolute atomic E-state index is 14.0. The minimum absolute atomic E-state index is 0.00187. The van der Waals surface area contributed by atoms with Gasteiger partial charge in [-0.1, -0.05) is 18.2 Å². The summed E-state index contributed by atoms with van der Waals surface area (Å²) in [6, 6.07) is 7.61. The number of amides is 3. The average molecular weight is 469 g/mol. The van der Waals surface area contributed by atoms with Crippen molar-refractivity contribution in [2.24, 2.45) is 17.8 Å². The summed E-state index contributed by atoms with van der Waals surface area (Å²) in [5.41, 5.74) is -0.587. The summed E-state index contributed by atoms with van der Waals surface area (Å²) in [7, 11) is 3.17. The molecule has 184 valence electrons. The fourth-order valence-electron chi connectivity index (χ4n) is 7.33. The van der Waals surface area contributed by atoms with Crippen LogP contribution in [0.1, 0.15) is 56.9 Å². The van der Waals surface area contributed by atoms with E-state index in [9.17, 15) is 14.4 Å². The second-order valence-corrected chi connectivity index (χ2v) is 10.8. The third kappa shape index (κ3) is 4.02. The van der Waals surface area contributed by atoms with Crippen LogP contribution in [0.3, 0.4) is 0 Å². The van der Waals surface area contributed by atoms with Crippen LogP contribution in [0.4, 0.5) is 0 Å². The zero-order valence-electron chi connectivity index (χ0n) is 20.3. The van der Waals surface area contributed by atoms with Gasteiger partial charge in [0.05, 0.1) is 12.5 Å². The third-order valence-corrected chi connectivity index (χ3v) is 8.64. The van der Waals surface area contributed by atoms with Crippen LogP contribution in [0, 0.1) is 17.8 Å². The van der Waals surface area contributed by atoms with Gasteiger partial charge in [-0.25, -0.2) is 0 Å². The SMILES string of the molecule is COCCCN1C(=O)C[C@](CC(=O)N2CC3C[C@@H]4CC2C[C@H](C3)C4)(c2ccccc2OC)C1=O. The van der Waals surface area contributed by atoms with Gasteiger partial charge in [-0.2, -0.15) is 0 Å². The Balaban J connectivity index is 1.47. The Hall–Kier alpha value is -2.41. The van der Waals surface area contributed by atoms with Crippen LogP contribution in [0.2, 0.25) is 0 Å². The first-order chi connectivity index (χ1) is 16.4. The Morgan fingerprint density at radius 2 is 1.74 bits per heavy atom. The summed E-state index contributed by atoms with van der Waals surface area (Å²) in [5, 5.41) is 0. The fourth-order valence-corrected chi connectivity index (χ4v) is 7.33. The van der Waals surface area contributed by atoms with Crippen LogP contribution in [-0.4, -0.2) is 67.5 Å². The number of para-hydroxylation sites is 1. The summed E-state index contributed by atoms with van der Waals surface area (Å²) in [4.78, 5) is 44.4. The number of rotatable bonds is 8. The Morgan fingerprint density at radius 1 is 1.03 bits per heavy atom. The molecule has 3 saturated heterocycles. The minimum atomic E-state index is -1.23. The molecule has 2 saturated carbocycles. The monoisotopic (exact) mass is 468 g/mol. The molecule has 5 atom stereocenters. The third-order valence-electron chi connectivity index (χ3n) is 8.64. The first-order valence-corrected chi connectivity index (χ1v) is 12.7. The second-order valence-electron chi connectivity index (χ2n) is 10.8. The summed E-state index contributed by atoms with van der Waals surface area (Å²) < 4.78 is 10.7. The van der Waals surface area contributed by atoms with E-state index >= 15 is 0 Å². The number of likely N-dealkylation sites (tertiary alicyclic amines) is 1. The van der Waals surface area contributed by atoms with E-state index in [1.807, 2.05) is 18.2 Å². The Kier molecular flexibility index (Phi) is 6.40. The number of ether oxygens (including phenoxy) is 2. The zero-order valence-corrected chi connectivity index (χ0v) is 20.3. The van der Waals surface area contributed by atoms with Crippen molar-refractivity contribution in [3.63, 3.8) is 0 Å². The standard InChI is InChI=1S/C27H36N2O5/c1-33-9-5-8-28-24(30)15-27(26(28)32,22-6-3-4-7-23(22)34-2)16-25(31)29-17-20-11-18-10-19(12-20)14-21(29)13-18/h3-4,6-7,18-21H,5,8-17H2,1-2H3/t18-,19+,20?,21?,27-/m0/s1. The molecule has 3 heterocycles. The van der Waals surface area contributed by atoms with Gasteiger partial charge in [0.25, 0.3) is 0 Å². The molecule has 6 rings (SSSR count). The molecule has 1 aromatic rings. The summed E-state index contributed by atoms with van der Waals surface area (Å²) in [6.45, 7) is 1.56. The molecule has 0 spiro atoms. The lowest BCUT2D eigenvalue weighted by Gasteiger charge is -2.39. The van der Waals surface area contributed by atoms with Crippen LogP contribution in [0.5, 0.6) is 5.75 Å². The summed E-state index contributed by atoms with van der Waals surface area (Å²) in [6.07, 6.45) is 6.49. The molecule has 2 aliphatic carbocycles. The van der Waals surface area contributed by atoms with Crippen molar-refractivity contribution in [3.05, 3.63) is 29.8 Å². The molecule has 7 nitrogen and oxygen atoms in total. The first kappa shape index (κ1) is 23.3. The number of hydrogen-bond acceptors (Lipinski definition) is 5. The van der Waals surface area contributed by atoms with Gasteiger partial charge in [0.2, 0.25) is 17.7 Å². The molecule has 34 heavy (non-hydrogen) atoms. The normalized spacial score (nSPS) is 32.4. The number of methoxy groups -OCH3 is 2. The lowest BCUT2D eigenvalue weighted by molar-refractivity contribution is -0.143. The molecule has 0 radical (unpaired) electrons. The van der Waals surface area contributed by atoms with Crippen LogP contribution in [0.25, 0.3) is 0 Å². The number of carbonyl (C=O) groups is 3. The van der Waals surface area contributed by atoms with E-state index < -0.39 is 5.41 Å². The fraction of sp³-hybridized carbons (Fsp3) is 0.667. The van der Waals surface area contributed by atoms with Gasteiger partial charge in [0.15, 0.2) is 0 Å². The van der Waals surface area contributed by atoms with Crippen LogP contribution in [-0.2, 0) is 24.5 Å². The van der Waals surface area contributed by atoms with Crippen molar-refractivity contribution in [2.75, 3.05) is 33.9 Å². The van der Waals surface area contributed by atoms with Crippen LogP contribution in [0.15, 0.2) is 24.3 Å². The van der Waals surface area contributed by atoms with Gasteiger partial charge < -0.3 is 14.4 Å². The van der Waals surface area contributed by atoms with Crippen molar-refractivity contribution < 1.29 is 23.9 Å². The molecule has 2 unspecified atom stereocenters. The van der Waals surface area contributed by atoms with Gasteiger partial charge in [0.1, 0.15) is 5.75 Å². The molecule has 1 aromatic carbocycles. The van der Waals surface area contributed by atoms with E-state index in [-0.39, 0.29) is 36.6 Å². The average Bonchev–Trinajstić information content (AvgIpc) is 2.92. The Labute approximate surface area is 201 Å². The van der Waals surface area contributed by atoms with Gasteiger partial charge in [-0.05, 0) is 62.3 Å². The first-order valence-electron chi connectivity index (χ1n) is 12.7. The predicted octanol–water partition coefficient (Wildman–Crippen LogP) is 3.16. The number of fused-ring (bicyclic) bond motifs is 1. The molecular weight excluding hydrogens is 432 g/mol. The zero-order chi connectivity index (χ0) is 23.9. The number of benzene rings is 1. The topological polar surface area (TPSA) is 76.2 Å². The Bertz CT molecular complexity index is 950. The molecule has 4 bridgehead atoms. The highest BCUT2D eigenvalue weighted by Crippen LogP contribution is 2.49. The lowest BCUT2D eigenvalue weighted by Crippen LogP contribution is -2.47. The molecule has 7 heteroatoms. The van der Waals surface area contributed by atoms with E-state index in [0.717, 1.165) is 31.2 Å². The van der Waals surface area contributed by atoms with Crippen LogP contribution < -0.4 is 4.74 Å². The molecule has 3 aliphatic heterocycles. The van der Waals surface area contributed by atoms with Crippen molar-refractivity contribution >= 4 is 17.7 Å². The predicted molar refractivity (Wildman–Crippen MR) is 126 cm³/mol. The lowest BCUT2D eigenvalue weighted by atomic mass is 9.68. The van der Waals surface area contributed by atoms with Gasteiger partial charge in [0, 0.05) is 51.3 Å². The molecule has 0 N–H and O–H groups in total. The van der Waals surface area contributed by atoms with Gasteiger partial charge >= 0.3 is 0 Å². The van der Waals surface area contributed by atoms with E-state index in [1.165, 1.54) is 24.2 Å². The molecule has 3 amide bonds. The second kappa shape index (κ2) is 9.33. The Morgan fingerprint density at radius 3 is 2.44 bits per heavy atom. The molecule has 0 aromatic heterocycles. The van der Waals surface area contributed by atoms with Gasteiger partial charge in [-0.3, -0.25) is 19.3 Å². The largest absolute Gasteiger partial charge is 0.496 e. The van der Waals surface area contributed by atoms with Crippen molar-refractivity contribution in [3.8, 4) is 5.75 Å². The summed E-state index contributed by atoms with van der Waals surface area (Å²) >= 11 is 0. The summed E-state index contributed by atoms with van der Waals surface area (Å²) in [5.74, 6) is 2.07. The quantitative estimate of drug-likeness (QED) is 0.433. The highest BCUT2D eigenvalue weighted by molar-refractivity contribution is 6.11. The highest BCUT2D eigenvalue weighted by Gasteiger charge is 2.56. The van der Waals surface area contributed by atoms with E-state index in [2.05, 4.69) is 4.90 Å². The van der Waals surface area contributed by atoms with E-state index in [0.29, 0.717) is 36.8 Å². The van der Waals surface area contributed by atoms with Crippen molar-refractivity contribution in [1.82, 2.24) is 9.80 Å². The number of carbonyl (C=O) groups excluding carboxylic acids is 3. The molecular formula is C27H36N2O5. The van der Waals surface area contributed by atoms with E-state index in [1.54, 1.807) is 20.3 Å². The minimum Gasteiger partial charge on any atom is -0.496 e. The molecule has 5 fully saturated rings. The van der Waals surface area contributed by atoms with Crippen LogP contribution >= 0.6 is 0 Å². The maximum atomic E-state index is 14.0. The van der Waals surface area contributed by atoms with Crippen molar-refractivity contribution in [1.29, 1.82) is 0 Å². The highest BCUT2D eigenvalue weighted by atomic mass is 16.5. The molecule has 5 aliphatic rings. The van der Waals surface area contributed by atoms with E-state index in [4.69, 9.17) is 9.47 Å². The number of hydrogen-bond donors (Lipinski definition) is 0.